The first kappa shape index (κ1) is 42.3. The molecule has 0 aromatic heterocycles. The molecule has 1 N–H and O–H groups in total. The molecule has 2 aliphatic heterocycles. The zero-order valence-electron chi connectivity index (χ0n) is 31.1. The fourth-order valence-electron chi connectivity index (χ4n) is 6.94. The van der Waals surface area contributed by atoms with E-state index >= 15 is 0 Å². The first-order chi connectivity index (χ1) is 22.9. The number of carbonyl (C=O) groups excluding carboxylic acids is 5. The quantitative estimate of drug-likeness (QED) is 0.289. The summed E-state index contributed by atoms with van der Waals surface area (Å²) in [6, 6.07) is -0.642. The molecule has 0 spiro atoms. The number of esters is 4. The highest BCUT2D eigenvalue weighted by atomic mass is 16.7. The van der Waals surface area contributed by atoms with Crippen LogP contribution < -0.4 is 0 Å². The van der Waals surface area contributed by atoms with Gasteiger partial charge >= 0.3 is 23.9 Å². The highest BCUT2D eigenvalue weighted by Gasteiger charge is 2.51. The molecule has 7 unspecified atom stereocenters. The first-order valence-electron chi connectivity index (χ1n) is 17.4. The minimum atomic E-state index is -1.21. The van der Waals surface area contributed by atoms with Gasteiger partial charge in [-0.2, -0.15) is 0 Å². The van der Waals surface area contributed by atoms with Gasteiger partial charge in [-0.25, -0.2) is 0 Å². The minimum absolute atomic E-state index is 0.0472. The second-order valence-electron chi connectivity index (χ2n) is 14.1. The molecular weight excluding hydrogens is 638 g/mol. The Bertz CT molecular complexity index is 1160. The van der Waals surface area contributed by atoms with Crippen LogP contribution in [0.15, 0.2) is 12.2 Å². The van der Waals surface area contributed by atoms with Gasteiger partial charge in [0.2, 0.25) is 0 Å². The Kier molecular flexibility index (Phi) is 16.8. The molecule has 0 radical (unpaired) electrons. The van der Waals surface area contributed by atoms with Gasteiger partial charge in [0.05, 0.1) is 37.4 Å². The molecule has 0 amide bonds. The number of hydrogen-bond donors (Lipinski definition) is 1. The maximum Gasteiger partial charge on any atom is 0.308 e. The van der Waals surface area contributed by atoms with Gasteiger partial charge in [0.1, 0.15) is 12.2 Å². The lowest BCUT2D eigenvalue weighted by Gasteiger charge is -2.48. The van der Waals surface area contributed by atoms with E-state index < -0.39 is 84.7 Å². The van der Waals surface area contributed by atoms with Crippen molar-refractivity contribution in [1.29, 1.82) is 0 Å². The fourth-order valence-corrected chi connectivity index (χ4v) is 6.94. The maximum absolute atomic E-state index is 13.3. The van der Waals surface area contributed by atoms with E-state index in [4.69, 9.17) is 28.4 Å². The normalized spacial score (nSPS) is 37.5. The van der Waals surface area contributed by atoms with Crippen molar-refractivity contribution in [2.75, 3.05) is 20.7 Å². The van der Waals surface area contributed by atoms with E-state index in [1.807, 2.05) is 33.8 Å². The van der Waals surface area contributed by atoms with Crippen molar-refractivity contribution in [2.45, 2.75) is 137 Å². The Morgan fingerprint density at radius 2 is 1.53 bits per heavy atom. The number of rotatable bonds is 8. The number of aliphatic hydroxyl groups is 1. The molecule has 49 heavy (non-hydrogen) atoms. The van der Waals surface area contributed by atoms with Crippen LogP contribution >= 0.6 is 0 Å². The summed E-state index contributed by atoms with van der Waals surface area (Å²) in [6.45, 7) is 14.9. The molecule has 0 aliphatic carbocycles. The van der Waals surface area contributed by atoms with Crippen LogP contribution in [0.25, 0.3) is 0 Å². The minimum Gasteiger partial charge on any atom is -0.465 e. The maximum atomic E-state index is 13.3. The van der Waals surface area contributed by atoms with Crippen molar-refractivity contribution >= 4 is 29.7 Å². The number of ketones is 1. The number of aliphatic hydroxyl groups excluding tert-OH is 1. The third kappa shape index (κ3) is 12.8. The van der Waals surface area contributed by atoms with Crippen molar-refractivity contribution in [2.24, 2.45) is 29.6 Å². The Hall–Kier alpha value is -2.87. The molecule has 0 saturated carbocycles. The van der Waals surface area contributed by atoms with Crippen LogP contribution in [0.4, 0.5) is 0 Å². The number of nitrogens with zero attached hydrogens (tertiary/aromatic N) is 1. The van der Waals surface area contributed by atoms with E-state index in [0.717, 1.165) is 0 Å². The van der Waals surface area contributed by atoms with Crippen LogP contribution in [-0.2, 0) is 52.4 Å². The van der Waals surface area contributed by atoms with Crippen molar-refractivity contribution in [3.8, 4) is 0 Å². The SMILES string of the molecule is CC[C@H]1OC(=O)C[C@@H](O)[C@H](C)[C@@H](OC2OC(C)C(OC(C)=O)C(N(C)C)C2OC(C)=O)[C@@H](C)C[C@@H](C)C(=O)/C=C/C(C)CC1COC(C)=O. The number of ether oxygens (including phenoxy) is 6. The predicted octanol–water partition coefficient (Wildman–Crippen LogP) is 3.63. The van der Waals surface area contributed by atoms with Gasteiger partial charge in [-0.15, -0.1) is 0 Å². The summed E-state index contributed by atoms with van der Waals surface area (Å²) in [5.41, 5.74) is 0. The molecule has 1 saturated heterocycles. The zero-order chi connectivity index (χ0) is 37.2. The second kappa shape index (κ2) is 19.5. The summed E-state index contributed by atoms with van der Waals surface area (Å²) >= 11 is 0. The topological polar surface area (TPSA) is 164 Å². The molecule has 0 bridgehead atoms. The monoisotopic (exact) mass is 697 g/mol. The molecular formula is C36H59NO12. The summed E-state index contributed by atoms with van der Waals surface area (Å²) in [7, 11) is 3.53. The van der Waals surface area contributed by atoms with Gasteiger partial charge in [-0.05, 0) is 58.2 Å². The van der Waals surface area contributed by atoms with Crippen LogP contribution in [0.1, 0.15) is 88.0 Å². The molecule has 2 aliphatic rings. The molecule has 2 heterocycles. The summed E-state index contributed by atoms with van der Waals surface area (Å²) in [6.07, 6.45) is -1.80. The Morgan fingerprint density at radius 1 is 0.918 bits per heavy atom. The van der Waals surface area contributed by atoms with Gasteiger partial charge in [-0.3, -0.25) is 28.9 Å². The molecule has 0 aromatic carbocycles. The van der Waals surface area contributed by atoms with Crippen LogP contribution in [0, 0.1) is 29.6 Å². The summed E-state index contributed by atoms with van der Waals surface area (Å²) in [4.78, 5) is 64.4. The third-order valence-corrected chi connectivity index (χ3v) is 9.49. The smallest absolute Gasteiger partial charge is 0.308 e. The van der Waals surface area contributed by atoms with Crippen LogP contribution in [0.5, 0.6) is 0 Å². The molecule has 2 rings (SSSR count). The first-order valence-corrected chi connectivity index (χ1v) is 17.4. The third-order valence-electron chi connectivity index (χ3n) is 9.49. The molecule has 280 valence electrons. The second-order valence-corrected chi connectivity index (χ2v) is 14.1. The van der Waals surface area contributed by atoms with E-state index in [9.17, 15) is 29.1 Å². The van der Waals surface area contributed by atoms with E-state index in [1.165, 1.54) is 20.8 Å². The van der Waals surface area contributed by atoms with Gasteiger partial charge in [0.15, 0.2) is 18.2 Å². The molecule has 1 fully saturated rings. The zero-order valence-corrected chi connectivity index (χ0v) is 31.1. The van der Waals surface area contributed by atoms with E-state index in [2.05, 4.69) is 0 Å². The lowest BCUT2D eigenvalue weighted by atomic mass is 9.82. The average molecular weight is 698 g/mol. The van der Waals surface area contributed by atoms with Gasteiger partial charge < -0.3 is 33.5 Å². The molecule has 13 atom stereocenters. The van der Waals surface area contributed by atoms with E-state index in [0.29, 0.717) is 19.3 Å². The Balaban J connectivity index is 2.52. The lowest BCUT2D eigenvalue weighted by Crippen LogP contribution is -2.65. The van der Waals surface area contributed by atoms with Crippen LogP contribution in [0.2, 0.25) is 0 Å². The average Bonchev–Trinajstić information content (AvgIpc) is 2.99. The molecule has 13 heteroatoms. The van der Waals surface area contributed by atoms with Gasteiger partial charge in [-0.1, -0.05) is 40.7 Å². The van der Waals surface area contributed by atoms with Crippen molar-refractivity contribution in [3.63, 3.8) is 0 Å². The van der Waals surface area contributed by atoms with Crippen molar-refractivity contribution in [1.82, 2.24) is 4.90 Å². The Morgan fingerprint density at radius 3 is 2.08 bits per heavy atom. The summed E-state index contributed by atoms with van der Waals surface area (Å²) < 4.78 is 35.4. The largest absolute Gasteiger partial charge is 0.465 e. The predicted molar refractivity (Wildman–Crippen MR) is 179 cm³/mol. The Labute approximate surface area is 291 Å². The van der Waals surface area contributed by atoms with Crippen LogP contribution in [0.3, 0.4) is 0 Å². The fraction of sp³-hybridized carbons (Fsp3) is 0.806. The van der Waals surface area contributed by atoms with Crippen LogP contribution in [-0.4, -0.2) is 109 Å². The van der Waals surface area contributed by atoms with E-state index in [-0.39, 0.29) is 36.6 Å². The molecule has 13 nitrogen and oxygen atoms in total. The lowest BCUT2D eigenvalue weighted by molar-refractivity contribution is -0.307. The van der Waals surface area contributed by atoms with Crippen molar-refractivity contribution in [3.05, 3.63) is 12.2 Å². The number of carbonyl (C=O) groups is 5. The highest BCUT2D eigenvalue weighted by Crippen LogP contribution is 2.35. The number of hydrogen-bond acceptors (Lipinski definition) is 13. The standard InChI is InChI=1S/C36H59NO12/c1-12-30-27(18-44-24(7)38)15-19(2)13-14-28(41)20(3)16-21(4)33(22(5)29(42)17-31(43)48-30)49-36-35(47-26(9)40)32(37(10)11)34(23(6)45-36)46-25(8)39/h13-14,19-23,27,29-30,32-36,42H,12,15-18H2,1-11H3/b14-13+/t19?,20-,21+,22+,23?,27?,29-,30-,32?,33+,34?,35?,36?/m1/s1. The van der Waals surface area contributed by atoms with Gasteiger partial charge in [0.25, 0.3) is 0 Å². The van der Waals surface area contributed by atoms with E-state index in [1.54, 1.807) is 38.9 Å². The summed E-state index contributed by atoms with van der Waals surface area (Å²) in [5.74, 6) is -4.08. The van der Waals surface area contributed by atoms with Gasteiger partial charge in [0, 0.05) is 38.5 Å². The molecule has 0 aromatic rings. The highest BCUT2D eigenvalue weighted by molar-refractivity contribution is 5.91. The number of allylic oxidation sites excluding steroid dienone is 2. The number of cyclic esters (lactones) is 1. The summed E-state index contributed by atoms with van der Waals surface area (Å²) in [5, 5.41) is 11.5. The van der Waals surface area contributed by atoms with Crippen molar-refractivity contribution < 1.29 is 57.5 Å². The number of likely N-dealkylation sites (N-methyl/N-ethyl adjacent to an activating group) is 1.